The smallest absolute Gasteiger partial charge is 0.327 e. The number of anilines is 1. The number of nitrogens with zero attached hydrogens (tertiary/aromatic N) is 1. The molecular weight excluding hydrogens is 473 g/mol. The molecule has 0 bridgehead atoms. The van der Waals surface area contributed by atoms with Gasteiger partial charge in [0.1, 0.15) is 11.2 Å². The number of benzene rings is 3. The molecular formula is C24H14Cl3NO4. The molecule has 0 unspecified atom stereocenters. The van der Waals surface area contributed by atoms with Crippen LogP contribution in [0.15, 0.2) is 66.7 Å². The average Bonchev–Trinajstić information content (AvgIpc) is 3.21. The van der Waals surface area contributed by atoms with Gasteiger partial charge in [-0.15, -0.1) is 0 Å². The van der Waals surface area contributed by atoms with Crippen molar-refractivity contribution in [3.8, 4) is 5.75 Å². The van der Waals surface area contributed by atoms with Crippen LogP contribution in [0.1, 0.15) is 17.5 Å². The average molecular weight is 487 g/mol. The first kappa shape index (κ1) is 21.0. The van der Waals surface area contributed by atoms with Crippen LogP contribution in [0.2, 0.25) is 15.1 Å². The van der Waals surface area contributed by atoms with Crippen LogP contribution < -0.4 is 9.64 Å². The van der Waals surface area contributed by atoms with Gasteiger partial charge in [-0.05, 0) is 54.1 Å². The van der Waals surface area contributed by atoms with Gasteiger partial charge in [0, 0.05) is 27.1 Å². The molecule has 1 fully saturated rings. The van der Waals surface area contributed by atoms with Gasteiger partial charge in [0.15, 0.2) is 0 Å². The molecule has 3 aromatic rings. The largest absolute Gasteiger partial charge is 0.425 e. The number of imide groups is 1. The Labute approximate surface area is 198 Å². The number of esters is 1. The second-order valence-corrected chi connectivity index (χ2v) is 8.96. The van der Waals surface area contributed by atoms with Crippen molar-refractivity contribution in [1.82, 2.24) is 0 Å². The quantitative estimate of drug-likeness (QED) is 0.281. The second-order valence-electron chi connectivity index (χ2n) is 7.65. The normalized spacial score (nSPS) is 22.3. The Hall–Kier alpha value is -2.86. The highest BCUT2D eigenvalue weighted by atomic mass is 35.5. The summed E-state index contributed by atoms with van der Waals surface area (Å²) in [6.45, 7) is 0. The molecule has 5 nitrogen and oxygen atoms in total. The Bertz CT molecular complexity index is 1290. The minimum absolute atomic E-state index is 0.185. The molecule has 0 aliphatic carbocycles. The number of hydrogen-bond donors (Lipinski definition) is 0. The van der Waals surface area contributed by atoms with Crippen molar-refractivity contribution in [3.05, 3.63) is 92.9 Å². The number of carbonyl (C=O) groups excluding carboxylic acids is 3. The maximum Gasteiger partial charge on any atom is 0.327 e. The van der Waals surface area contributed by atoms with E-state index in [1.807, 2.05) is 0 Å². The topological polar surface area (TPSA) is 63.7 Å². The molecule has 0 radical (unpaired) electrons. The molecule has 1 saturated heterocycles. The summed E-state index contributed by atoms with van der Waals surface area (Å²) in [5, 5.41) is 1.23. The van der Waals surface area contributed by atoms with Gasteiger partial charge in [0.05, 0.1) is 11.6 Å². The van der Waals surface area contributed by atoms with Gasteiger partial charge in [-0.25, -0.2) is 0 Å². The summed E-state index contributed by atoms with van der Waals surface area (Å²) < 4.78 is 5.58. The fourth-order valence-electron chi connectivity index (χ4n) is 4.56. The predicted octanol–water partition coefficient (Wildman–Crippen LogP) is 5.43. The first-order chi connectivity index (χ1) is 15.3. The Morgan fingerprint density at radius 3 is 2.25 bits per heavy atom. The van der Waals surface area contributed by atoms with E-state index in [0.29, 0.717) is 37.6 Å². The Morgan fingerprint density at radius 2 is 1.53 bits per heavy atom. The lowest BCUT2D eigenvalue weighted by Gasteiger charge is -2.31. The van der Waals surface area contributed by atoms with E-state index in [4.69, 9.17) is 39.5 Å². The molecule has 0 aromatic heterocycles. The highest BCUT2D eigenvalue weighted by Gasteiger charge is 2.62. The van der Waals surface area contributed by atoms with Gasteiger partial charge in [-0.1, -0.05) is 53.0 Å². The van der Waals surface area contributed by atoms with Crippen LogP contribution in [0, 0.1) is 5.92 Å². The van der Waals surface area contributed by atoms with Gasteiger partial charge in [0.25, 0.3) is 0 Å². The van der Waals surface area contributed by atoms with E-state index in [1.165, 1.54) is 6.07 Å². The SMILES string of the molecule is O=C1C[C@@H]([C@@]2(c3ccc(Cl)cc3)C(=O)Oc3ccc(Cl)cc32)C(=O)N1c1cccc(Cl)c1. The molecule has 3 aromatic carbocycles. The van der Waals surface area contributed by atoms with Crippen molar-refractivity contribution >= 4 is 58.3 Å². The Balaban J connectivity index is 1.72. The molecule has 2 amide bonds. The summed E-state index contributed by atoms with van der Waals surface area (Å²) in [6.07, 6.45) is -0.185. The van der Waals surface area contributed by atoms with E-state index in [-0.39, 0.29) is 6.42 Å². The second kappa shape index (κ2) is 7.62. The van der Waals surface area contributed by atoms with Crippen LogP contribution >= 0.6 is 34.8 Å². The molecule has 2 aliphatic heterocycles. The van der Waals surface area contributed by atoms with Crippen molar-refractivity contribution in [1.29, 1.82) is 0 Å². The summed E-state index contributed by atoms with van der Waals surface area (Å²) >= 11 is 18.4. The van der Waals surface area contributed by atoms with Crippen molar-refractivity contribution in [2.75, 3.05) is 4.90 Å². The number of halogens is 3. The number of carbonyl (C=O) groups is 3. The number of amides is 2. The summed E-state index contributed by atoms with van der Waals surface area (Å²) in [6, 6.07) is 17.8. The van der Waals surface area contributed by atoms with Crippen LogP contribution in [0.4, 0.5) is 5.69 Å². The molecule has 2 heterocycles. The molecule has 0 N–H and O–H groups in total. The van der Waals surface area contributed by atoms with Crippen LogP contribution in [0.3, 0.4) is 0 Å². The fraction of sp³-hybridized carbons (Fsp3) is 0.125. The summed E-state index contributed by atoms with van der Waals surface area (Å²) in [5.74, 6) is -2.33. The zero-order chi connectivity index (χ0) is 22.6. The van der Waals surface area contributed by atoms with Crippen molar-refractivity contribution in [2.45, 2.75) is 11.8 Å². The third-order valence-corrected chi connectivity index (χ3v) is 6.65. The summed E-state index contributed by atoms with van der Waals surface area (Å²) in [4.78, 5) is 41.3. The van der Waals surface area contributed by atoms with E-state index in [9.17, 15) is 14.4 Å². The number of hydrogen-bond acceptors (Lipinski definition) is 4. The van der Waals surface area contributed by atoms with Crippen LogP contribution in [0.25, 0.3) is 0 Å². The Kier molecular flexibility index (Phi) is 5.01. The van der Waals surface area contributed by atoms with Crippen LogP contribution in [-0.2, 0) is 19.8 Å². The zero-order valence-electron chi connectivity index (χ0n) is 16.3. The highest BCUT2D eigenvalue weighted by molar-refractivity contribution is 6.32. The van der Waals surface area contributed by atoms with Gasteiger partial charge >= 0.3 is 5.97 Å². The van der Waals surface area contributed by atoms with Crippen molar-refractivity contribution in [3.63, 3.8) is 0 Å². The van der Waals surface area contributed by atoms with Crippen LogP contribution in [0.5, 0.6) is 5.75 Å². The first-order valence-electron chi connectivity index (χ1n) is 9.73. The summed E-state index contributed by atoms with van der Waals surface area (Å²) in [5.41, 5.74) is -0.271. The molecule has 2 aliphatic rings. The lowest BCUT2D eigenvalue weighted by atomic mass is 9.66. The highest BCUT2D eigenvalue weighted by Crippen LogP contribution is 2.53. The number of fused-ring (bicyclic) bond motifs is 1. The number of rotatable bonds is 3. The molecule has 0 saturated carbocycles. The van der Waals surface area contributed by atoms with Gasteiger partial charge in [-0.3, -0.25) is 19.3 Å². The summed E-state index contributed by atoms with van der Waals surface area (Å²) in [7, 11) is 0. The third kappa shape index (κ3) is 3.04. The van der Waals surface area contributed by atoms with E-state index < -0.39 is 29.1 Å². The minimum Gasteiger partial charge on any atom is -0.425 e. The van der Waals surface area contributed by atoms with Gasteiger partial charge in [-0.2, -0.15) is 0 Å². The zero-order valence-corrected chi connectivity index (χ0v) is 18.6. The number of ether oxygens (including phenoxy) is 1. The lowest BCUT2D eigenvalue weighted by Crippen LogP contribution is -2.46. The van der Waals surface area contributed by atoms with E-state index >= 15 is 0 Å². The predicted molar refractivity (Wildman–Crippen MR) is 121 cm³/mol. The monoisotopic (exact) mass is 485 g/mol. The fourth-order valence-corrected chi connectivity index (χ4v) is 5.05. The maximum absolute atomic E-state index is 13.7. The third-order valence-electron chi connectivity index (χ3n) is 5.93. The molecule has 8 heteroatoms. The molecule has 160 valence electrons. The van der Waals surface area contributed by atoms with Crippen molar-refractivity contribution < 1.29 is 19.1 Å². The molecule has 5 rings (SSSR count). The lowest BCUT2D eigenvalue weighted by molar-refractivity contribution is -0.141. The van der Waals surface area contributed by atoms with E-state index in [0.717, 1.165) is 4.90 Å². The van der Waals surface area contributed by atoms with E-state index in [2.05, 4.69) is 0 Å². The van der Waals surface area contributed by atoms with Gasteiger partial charge in [0.2, 0.25) is 11.8 Å². The maximum atomic E-state index is 13.7. The molecule has 0 spiro atoms. The molecule has 32 heavy (non-hydrogen) atoms. The molecule has 2 atom stereocenters. The first-order valence-corrected chi connectivity index (χ1v) is 10.9. The standard InChI is InChI=1S/C24H14Cl3NO4/c25-14-6-4-13(5-7-14)24(18-11-16(27)8-9-20(18)32-23(24)31)19-12-21(29)28(22(19)30)17-3-1-2-15(26)10-17/h1-11,19H,12H2/t19-,24+/m1/s1. The minimum atomic E-state index is -1.55. The van der Waals surface area contributed by atoms with Crippen molar-refractivity contribution in [2.24, 2.45) is 5.92 Å². The Morgan fingerprint density at radius 1 is 0.844 bits per heavy atom. The van der Waals surface area contributed by atoms with E-state index in [1.54, 1.807) is 60.7 Å². The van der Waals surface area contributed by atoms with Gasteiger partial charge < -0.3 is 4.74 Å². The van der Waals surface area contributed by atoms with Crippen LogP contribution in [-0.4, -0.2) is 17.8 Å².